The number of carboxylic acid groups (broad SMARTS) is 1. The molecule has 2 rings (SSSR count). The van der Waals surface area contributed by atoms with Gasteiger partial charge in [-0.25, -0.2) is 0 Å². The second kappa shape index (κ2) is 5.48. The number of nitro benzene ring substituents is 1. The van der Waals surface area contributed by atoms with Gasteiger partial charge in [0.05, 0.1) is 10.9 Å². The molecular weight excluding hydrogens is 260 g/mol. The van der Waals surface area contributed by atoms with Crippen LogP contribution in [0.1, 0.15) is 30.6 Å². The number of nitro groups is 1. The minimum Gasteiger partial charge on any atom is -0.545 e. The largest absolute Gasteiger partial charge is 0.545 e. The molecule has 0 aromatic heterocycles. The molecule has 0 aliphatic carbocycles. The van der Waals surface area contributed by atoms with E-state index in [1.165, 1.54) is 12.1 Å². The highest BCUT2D eigenvalue weighted by atomic mass is 16.6. The number of hydrogen-bond donors (Lipinski definition) is 0. The number of carbonyl (C=O) groups excluding carboxylic acids is 1. The summed E-state index contributed by atoms with van der Waals surface area (Å²) in [5, 5.41) is 22.0. The van der Waals surface area contributed by atoms with Crippen LogP contribution in [0, 0.1) is 22.0 Å². The molecule has 1 aromatic carbocycles. The van der Waals surface area contributed by atoms with Gasteiger partial charge in [0.2, 0.25) is 0 Å². The molecule has 1 fully saturated rings. The number of aromatic carboxylic acids is 1. The SMILES string of the molecule is C[C@H]1C[C@H](C)CN(c2ccc(C(=O)[O-])cc2[N+](=O)[O-])C1. The summed E-state index contributed by atoms with van der Waals surface area (Å²) >= 11 is 0. The summed E-state index contributed by atoms with van der Waals surface area (Å²) in [4.78, 5) is 23.4. The van der Waals surface area contributed by atoms with E-state index < -0.39 is 10.9 Å². The summed E-state index contributed by atoms with van der Waals surface area (Å²) in [5.74, 6) is -0.488. The summed E-state index contributed by atoms with van der Waals surface area (Å²) in [6.45, 7) is 5.72. The van der Waals surface area contributed by atoms with Gasteiger partial charge in [0.1, 0.15) is 5.69 Å². The van der Waals surface area contributed by atoms with E-state index in [1.807, 2.05) is 4.90 Å². The molecule has 1 saturated heterocycles. The molecule has 1 aliphatic rings. The second-order valence-corrected chi connectivity index (χ2v) is 5.60. The van der Waals surface area contributed by atoms with Gasteiger partial charge < -0.3 is 14.8 Å². The fourth-order valence-electron chi connectivity index (χ4n) is 2.92. The first-order chi connectivity index (χ1) is 9.38. The van der Waals surface area contributed by atoms with Crippen molar-refractivity contribution in [2.24, 2.45) is 11.8 Å². The van der Waals surface area contributed by atoms with Crippen LogP contribution >= 0.6 is 0 Å². The van der Waals surface area contributed by atoms with E-state index in [2.05, 4.69) is 13.8 Å². The maximum absolute atomic E-state index is 11.2. The summed E-state index contributed by atoms with van der Waals surface area (Å²) in [6, 6.07) is 3.95. The lowest BCUT2D eigenvalue weighted by Crippen LogP contribution is -2.39. The van der Waals surface area contributed by atoms with Crippen molar-refractivity contribution in [1.29, 1.82) is 0 Å². The zero-order valence-corrected chi connectivity index (χ0v) is 11.5. The van der Waals surface area contributed by atoms with Gasteiger partial charge in [-0.05, 0) is 24.3 Å². The second-order valence-electron chi connectivity index (χ2n) is 5.60. The lowest BCUT2D eigenvalue weighted by atomic mass is 9.91. The Labute approximate surface area is 117 Å². The van der Waals surface area contributed by atoms with Crippen molar-refractivity contribution in [3.8, 4) is 0 Å². The Morgan fingerprint density at radius 3 is 2.40 bits per heavy atom. The zero-order chi connectivity index (χ0) is 14.9. The lowest BCUT2D eigenvalue weighted by Gasteiger charge is -2.36. The average Bonchev–Trinajstić information content (AvgIpc) is 2.36. The Hall–Kier alpha value is -2.11. The quantitative estimate of drug-likeness (QED) is 0.616. The van der Waals surface area contributed by atoms with Crippen molar-refractivity contribution in [3.05, 3.63) is 33.9 Å². The van der Waals surface area contributed by atoms with Gasteiger partial charge in [-0.1, -0.05) is 19.9 Å². The van der Waals surface area contributed by atoms with Gasteiger partial charge in [0.15, 0.2) is 0 Å². The van der Waals surface area contributed by atoms with E-state index in [0.29, 0.717) is 17.5 Å². The Kier molecular flexibility index (Phi) is 3.92. The van der Waals surface area contributed by atoms with Crippen LogP contribution in [0.15, 0.2) is 18.2 Å². The van der Waals surface area contributed by atoms with Gasteiger partial charge in [0.25, 0.3) is 5.69 Å². The predicted molar refractivity (Wildman–Crippen MR) is 72.6 cm³/mol. The molecule has 20 heavy (non-hydrogen) atoms. The highest BCUT2D eigenvalue weighted by Gasteiger charge is 2.27. The first-order valence-corrected chi connectivity index (χ1v) is 6.63. The number of rotatable bonds is 3. The number of anilines is 1. The van der Waals surface area contributed by atoms with Gasteiger partial charge in [-0.15, -0.1) is 0 Å². The van der Waals surface area contributed by atoms with Gasteiger partial charge >= 0.3 is 0 Å². The maximum Gasteiger partial charge on any atom is 0.293 e. The number of piperidine rings is 1. The van der Waals surface area contributed by atoms with Crippen molar-refractivity contribution < 1.29 is 14.8 Å². The maximum atomic E-state index is 11.2. The van der Waals surface area contributed by atoms with Crippen LogP contribution < -0.4 is 10.0 Å². The number of hydrogen-bond acceptors (Lipinski definition) is 5. The van der Waals surface area contributed by atoms with E-state index in [-0.39, 0.29) is 11.3 Å². The topological polar surface area (TPSA) is 86.5 Å². The molecule has 0 N–H and O–H groups in total. The zero-order valence-electron chi connectivity index (χ0n) is 11.5. The van der Waals surface area contributed by atoms with Crippen molar-refractivity contribution in [2.45, 2.75) is 20.3 Å². The Morgan fingerprint density at radius 1 is 1.30 bits per heavy atom. The third kappa shape index (κ3) is 2.89. The van der Waals surface area contributed by atoms with Gasteiger partial charge in [-0.3, -0.25) is 10.1 Å². The summed E-state index contributed by atoms with van der Waals surface area (Å²) < 4.78 is 0. The molecular formula is C14H17N2O4-. The average molecular weight is 277 g/mol. The molecule has 0 spiro atoms. The molecule has 2 atom stereocenters. The van der Waals surface area contributed by atoms with Crippen molar-refractivity contribution in [3.63, 3.8) is 0 Å². The van der Waals surface area contributed by atoms with E-state index in [0.717, 1.165) is 25.6 Å². The first kappa shape index (κ1) is 14.3. The molecule has 6 nitrogen and oxygen atoms in total. The fraction of sp³-hybridized carbons (Fsp3) is 0.500. The summed E-state index contributed by atoms with van der Waals surface area (Å²) in [5.41, 5.74) is 0.143. The van der Waals surface area contributed by atoms with E-state index in [1.54, 1.807) is 0 Å². The lowest BCUT2D eigenvalue weighted by molar-refractivity contribution is -0.384. The molecule has 0 bridgehead atoms. The van der Waals surface area contributed by atoms with E-state index >= 15 is 0 Å². The number of carboxylic acids is 1. The van der Waals surface area contributed by atoms with Crippen LogP contribution in [0.3, 0.4) is 0 Å². The van der Waals surface area contributed by atoms with Crippen LogP contribution in [0.25, 0.3) is 0 Å². The predicted octanol–water partition coefficient (Wildman–Crippen LogP) is 1.44. The van der Waals surface area contributed by atoms with Crippen LogP contribution in [-0.4, -0.2) is 24.0 Å². The highest BCUT2D eigenvalue weighted by Crippen LogP contribution is 2.33. The molecule has 1 aliphatic heterocycles. The summed E-state index contributed by atoms with van der Waals surface area (Å²) in [7, 11) is 0. The van der Waals surface area contributed by atoms with Gasteiger partial charge in [0, 0.05) is 24.7 Å². The third-order valence-corrected chi connectivity index (χ3v) is 3.62. The standard InChI is InChI=1S/C14H18N2O4/c1-9-5-10(2)8-15(7-9)12-4-3-11(14(17)18)6-13(12)16(19)20/h3-4,6,9-10H,5,7-8H2,1-2H3,(H,17,18)/p-1/t9-,10-/m0/s1. The molecule has 0 amide bonds. The van der Waals surface area contributed by atoms with Crippen LogP contribution in [0.5, 0.6) is 0 Å². The monoisotopic (exact) mass is 277 g/mol. The summed E-state index contributed by atoms with van der Waals surface area (Å²) in [6.07, 6.45) is 1.10. The molecule has 0 radical (unpaired) electrons. The fourth-order valence-corrected chi connectivity index (χ4v) is 2.92. The molecule has 6 heteroatoms. The molecule has 108 valence electrons. The first-order valence-electron chi connectivity index (χ1n) is 6.63. The normalized spacial score (nSPS) is 22.6. The third-order valence-electron chi connectivity index (χ3n) is 3.62. The van der Waals surface area contributed by atoms with E-state index in [9.17, 15) is 20.0 Å². The minimum absolute atomic E-state index is 0.168. The van der Waals surface area contributed by atoms with Crippen LogP contribution in [0.2, 0.25) is 0 Å². The van der Waals surface area contributed by atoms with Crippen LogP contribution in [-0.2, 0) is 0 Å². The number of benzene rings is 1. The number of carbonyl (C=O) groups is 1. The van der Waals surface area contributed by atoms with Crippen molar-refractivity contribution in [2.75, 3.05) is 18.0 Å². The van der Waals surface area contributed by atoms with Crippen molar-refractivity contribution in [1.82, 2.24) is 0 Å². The highest BCUT2D eigenvalue weighted by molar-refractivity contribution is 5.88. The van der Waals surface area contributed by atoms with E-state index in [4.69, 9.17) is 0 Å². The Morgan fingerprint density at radius 2 is 1.90 bits per heavy atom. The van der Waals surface area contributed by atoms with Crippen molar-refractivity contribution >= 4 is 17.3 Å². The Bertz CT molecular complexity index is 534. The smallest absolute Gasteiger partial charge is 0.293 e. The molecule has 0 saturated carbocycles. The number of nitrogens with zero attached hydrogens (tertiary/aromatic N) is 2. The molecule has 1 heterocycles. The molecule has 0 unspecified atom stereocenters. The van der Waals surface area contributed by atoms with Crippen LogP contribution in [0.4, 0.5) is 11.4 Å². The van der Waals surface area contributed by atoms with Gasteiger partial charge in [-0.2, -0.15) is 0 Å². The minimum atomic E-state index is -1.40. The molecule has 1 aromatic rings. The Balaban J connectivity index is 2.40.